The van der Waals surface area contributed by atoms with Crippen LogP contribution in [0.3, 0.4) is 0 Å². The van der Waals surface area contributed by atoms with E-state index in [-0.39, 0.29) is 12.6 Å². The summed E-state index contributed by atoms with van der Waals surface area (Å²) >= 11 is 0. The maximum absolute atomic E-state index is 12.3. The molecule has 0 bridgehead atoms. The highest BCUT2D eigenvalue weighted by atomic mass is 19.4. The number of nitrogens with one attached hydrogen (secondary N) is 1. The van der Waals surface area contributed by atoms with Gasteiger partial charge in [-0.2, -0.15) is 13.2 Å². The van der Waals surface area contributed by atoms with Gasteiger partial charge in [-0.05, 0) is 40.5 Å². The summed E-state index contributed by atoms with van der Waals surface area (Å²) in [6, 6.07) is 0.0501. The molecule has 0 aliphatic rings. The Morgan fingerprint density at radius 2 is 1.80 bits per heavy atom. The summed E-state index contributed by atoms with van der Waals surface area (Å²) in [5, 5.41) is 3.07. The predicted octanol–water partition coefficient (Wildman–Crippen LogP) is 2.66. The fraction of sp³-hybridized carbons (Fsp3) is 0.923. The fourth-order valence-corrected chi connectivity index (χ4v) is 1.88. The minimum absolute atomic E-state index is 0.0501. The third-order valence-electron chi connectivity index (χ3n) is 2.89. The maximum Gasteiger partial charge on any atom is 0.414 e. The lowest BCUT2D eigenvalue weighted by Crippen LogP contribution is -2.53. The van der Waals surface area contributed by atoms with E-state index in [2.05, 4.69) is 5.32 Å². The Morgan fingerprint density at radius 3 is 2.20 bits per heavy atom. The van der Waals surface area contributed by atoms with Crippen molar-refractivity contribution in [3.8, 4) is 0 Å². The average molecular weight is 299 g/mol. The van der Waals surface area contributed by atoms with Gasteiger partial charge in [0.05, 0.1) is 7.11 Å². The Balaban J connectivity index is 4.32. The standard InChI is InChI=1S/C13H24F3NO3/c1-9(2)17-12(4,11(18)19-5)7-6-8-20-10(3)13(14,15)16/h9-10,17H,6-8H2,1-5H3. The van der Waals surface area contributed by atoms with Crippen LogP contribution >= 0.6 is 0 Å². The smallest absolute Gasteiger partial charge is 0.414 e. The van der Waals surface area contributed by atoms with Crippen LogP contribution in [0.25, 0.3) is 0 Å². The second-order valence-corrected chi connectivity index (χ2v) is 5.28. The van der Waals surface area contributed by atoms with E-state index in [0.29, 0.717) is 12.8 Å². The summed E-state index contributed by atoms with van der Waals surface area (Å²) in [4.78, 5) is 11.8. The summed E-state index contributed by atoms with van der Waals surface area (Å²) in [7, 11) is 1.28. The van der Waals surface area contributed by atoms with Crippen molar-refractivity contribution < 1.29 is 27.4 Å². The highest BCUT2D eigenvalue weighted by molar-refractivity contribution is 5.80. The van der Waals surface area contributed by atoms with Crippen LogP contribution in [-0.4, -0.2) is 43.5 Å². The van der Waals surface area contributed by atoms with E-state index in [1.54, 1.807) is 6.92 Å². The van der Waals surface area contributed by atoms with E-state index >= 15 is 0 Å². The summed E-state index contributed by atoms with van der Waals surface area (Å²) < 4.78 is 46.2. The monoisotopic (exact) mass is 299 g/mol. The van der Waals surface area contributed by atoms with Crippen molar-refractivity contribution in [2.75, 3.05) is 13.7 Å². The molecule has 0 amide bonds. The largest absolute Gasteiger partial charge is 0.468 e. The van der Waals surface area contributed by atoms with Crippen molar-refractivity contribution in [2.45, 2.75) is 64.4 Å². The Hall–Kier alpha value is -0.820. The summed E-state index contributed by atoms with van der Waals surface area (Å²) in [5.74, 6) is -0.435. The van der Waals surface area contributed by atoms with Crippen LogP contribution in [0.5, 0.6) is 0 Å². The molecule has 20 heavy (non-hydrogen) atoms. The maximum atomic E-state index is 12.3. The molecule has 0 saturated heterocycles. The second kappa shape index (κ2) is 7.83. The molecule has 0 rings (SSSR count). The van der Waals surface area contributed by atoms with Gasteiger partial charge in [-0.1, -0.05) is 0 Å². The summed E-state index contributed by atoms with van der Waals surface area (Å²) in [6.45, 7) is 6.33. The molecule has 0 aromatic carbocycles. The van der Waals surface area contributed by atoms with Gasteiger partial charge in [0.15, 0.2) is 6.10 Å². The molecule has 0 radical (unpaired) electrons. The third-order valence-corrected chi connectivity index (χ3v) is 2.89. The summed E-state index contributed by atoms with van der Waals surface area (Å²) in [5.41, 5.74) is -0.923. The molecule has 2 unspecified atom stereocenters. The van der Waals surface area contributed by atoms with Crippen LogP contribution in [0.15, 0.2) is 0 Å². The molecule has 0 saturated carbocycles. The SMILES string of the molecule is COC(=O)C(C)(CCCOC(C)C(F)(F)F)NC(C)C. The number of carbonyl (C=O) groups is 1. The van der Waals surface area contributed by atoms with Crippen LogP contribution in [0.1, 0.15) is 40.5 Å². The van der Waals surface area contributed by atoms with Crippen molar-refractivity contribution in [1.29, 1.82) is 0 Å². The Morgan fingerprint density at radius 1 is 1.25 bits per heavy atom. The molecular weight excluding hydrogens is 275 g/mol. The average Bonchev–Trinajstić information content (AvgIpc) is 2.31. The predicted molar refractivity (Wildman–Crippen MR) is 69.4 cm³/mol. The van der Waals surface area contributed by atoms with Crippen LogP contribution < -0.4 is 5.32 Å². The molecule has 0 spiro atoms. The molecule has 0 aromatic rings. The number of carbonyl (C=O) groups excluding carboxylic acids is 1. The van der Waals surface area contributed by atoms with E-state index in [4.69, 9.17) is 9.47 Å². The number of ether oxygens (including phenoxy) is 2. The van der Waals surface area contributed by atoms with Gasteiger partial charge in [0.25, 0.3) is 0 Å². The first-order valence-corrected chi connectivity index (χ1v) is 6.57. The van der Waals surface area contributed by atoms with Crippen LogP contribution in [0, 0.1) is 0 Å². The first-order valence-electron chi connectivity index (χ1n) is 6.57. The molecule has 120 valence electrons. The lowest BCUT2D eigenvalue weighted by Gasteiger charge is -2.30. The zero-order chi connectivity index (χ0) is 16.0. The van der Waals surface area contributed by atoms with Crippen molar-refractivity contribution >= 4 is 5.97 Å². The van der Waals surface area contributed by atoms with E-state index < -0.39 is 23.8 Å². The number of halogens is 3. The molecule has 4 nitrogen and oxygen atoms in total. The van der Waals surface area contributed by atoms with Crippen LogP contribution in [0.4, 0.5) is 13.2 Å². The van der Waals surface area contributed by atoms with Gasteiger partial charge >= 0.3 is 12.1 Å². The zero-order valence-electron chi connectivity index (χ0n) is 12.6. The van der Waals surface area contributed by atoms with Gasteiger partial charge in [-0.25, -0.2) is 0 Å². The lowest BCUT2D eigenvalue weighted by atomic mass is 9.95. The van der Waals surface area contributed by atoms with E-state index in [1.807, 2.05) is 13.8 Å². The van der Waals surface area contributed by atoms with Crippen molar-refractivity contribution in [2.24, 2.45) is 0 Å². The number of alkyl halides is 3. The highest BCUT2D eigenvalue weighted by Gasteiger charge is 2.37. The molecule has 0 heterocycles. The number of hydrogen-bond donors (Lipinski definition) is 1. The Bertz CT molecular complexity index is 308. The number of methoxy groups -OCH3 is 1. The Kier molecular flexibility index (Phi) is 7.51. The minimum Gasteiger partial charge on any atom is -0.468 e. The molecule has 7 heteroatoms. The van der Waals surface area contributed by atoms with Crippen molar-refractivity contribution in [3.63, 3.8) is 0 Å². The van der Waals surface area contributed by atoms with E-state index in [1.165, 1.54) is 7.11 Å². The molecular formula is C13H24F3NO3. The number of rotatable bonds is 8. The highest BCUT2D eigenvalue weighted by Crippen LogP contribution is 2.23. The Labute approximate surface area is 118 Å². The van der Waals surface area contributed by atoms with Crippen molar-refractivity contribution in [1.82, 2.24) is 5.32 Å². The molecule has 0 fully saturated rings. The fourth-order valence-electron chi connectivity index (χ4n) is 1.88. The van der Waals surface area contributed by atoms with Gasteiger partial charge in [-0.3, -0.25) is 10.1 Å². The quantitative estimate of drug-likeness (QED) is 0.553. The normalized spacial score (nSPS) is 16.9. The lowest BCUT2D eigenvalue weighted by molar-refractivity contribution is -0.214. The molecule has 0 aromatic heterocycles. The molecule has 0 aliphatic heterocycles. The first-order chi connectivity index (χ1) is 9.03. The number of esters is 1. The van der Waals surface area contributed by atoms with Crippen LogP contribution in [-0.2, 0) is 14.3 Å². The first kappa shape index (κ1) is 19.2. The molecule has 0 aliphatic carbocycles. The summed E-state index contributed by atoms with van der Waals surface area (Å²) in [6.07, 6.45) is -5.50. The number of hydrogen-bond acceptors (Lipinski definition) is 4. The van der Waals surface area contributed by atoms with Crippen LogP contribution in [0.2, 0.25) is 0 Å². The minimum atomic E-state index is -4.36. The van der Waals surface area contributed by atoms with E-state index in [9.17, 15) is 18.0 Å². The second-order valence-electron chi connectivity index (χ2n) is 5.28. The van der Waals surface area contributed by atoms with Gasteiger partial charge in [0.1, 0.15) is 5.54 Å². The van der Waals surface area contributed by atoms with Crippen molar-refractivity contribution in [3.05, 3.63) is 0 Å². The van der Waals surface area contributed by atoms with Gasteiger partial charge < -0.3 is 9.47 Å². The van der Waals surface area contributed by atoms with Gasteiger partial charge in [0.2, 0.25) is 0 Å². The topological polar surface area (TPSA) is 47.6 Å². The zero-order valence-corrected chi connectivity index (χ0v) is 12.6. The third kappa shape index (κ3) is 6.56. The van der Waals surface area contributed by atoms with Gasteiger partial charge in [0, 0.05) is 12.6 Å². The molecule has 2 atom stereocenters. The molecule has 1 N–H and O–H groups in total. The van der Waals surface area contributed by atoms with Gasteiger partial charge in [-0.15, -0.1) is 0 Å². The van der Waals surface area contributed by atoms with E-state index in [0.717, 1.165) is 6.92 Å².